The summed E-state index contributed by atoms with van der Waals surface area (Å²) >= 11 is 0. The van der Waals surface area contributed by atoms with Gasteiger partial charge < -0.3 is 10.2 Å². The number of carbonyl (C=O) groups excluding carboxylic acids is 2. The highest BCUT2D eigenvalue weighted by Gasteiger charge is 2.31. The first-order valence-electron chi connectivity index (χ1n) is 9.78. The van der Waals surface area contributed by atoms with Crippen LogP contribution in [0.2, 0.25) is 0 Å². The molecule has 0 radical (unpaired) electrons. The minimum absolute atomic E-state index is 0.122. The Morgan fingerprint density at radius 2 is 1.63 bits per heavy atom. The summed E-state index contributed by atoms with van der Waals surface area (Å²) in [5.74, 6) is -0.724. The van der Waals surface area contributed by atoms with Crippen molar-refractivity contribution in [2.45, 2.75) is 37.8 Å². The standard InChI is InChI=1S/C22H29N3O4S/c1-5-20(22(27)23-3)25(15-18-9-7-6-8-10-18)21(26)16-24(4)30(28,29)19-13-11-17(2)12-14-19/h6-14,20H,5,15-16H2,1-4H3,(H,23,27). The van der Waals surface area contributed by atoms with E-state index in [1.54, 1.807) is 12.1 Å². The highest BCUT2D eigenvalue weighted by molar-refractivity contribution is 7.89. The number of amides is 2. The monoisotopic (exact) mass is 431 g/mol. The summed E-state index contributed by atoms with van der Waals surface area (Å²) in [6, 6.07) is 15.1. The Labute approximate surface area is 178 Å². The molecule has 2 amide bonds. The summed E-state index contributed by atoms with van der Waals surface area (Å²) < 4.78 is 26.8. The second-order valence-corrected chi connectivity index (χ2v) is 9.16. The summed E-state index contributed by atoms with van der Waals surface area (Å²) in [5, 5.41) is 2.59. The molecule has 1 unspecified atom stereocenters. The predicted octanol–water partition coefficient (Wildman–Crippen LogP) is 2.17. The molecule has 0 saturated carbocycles. The lowest BCUT2D eigenvalue weighted by molar-refractivity contribution is -0.141. The van der Waals surface area contributed by atoms with Gasteiger partial charge in [-0.05, 0) is 31.0 Å². The van der Waals surface area contributed by atoms with E-state index in [0.29, 0.717) is 6.42 Å². The number of hydrogen-bond donors (Lipinski definition) is 1. The van der Waals surface area contributed by atoms with Gasteiger partial charge in [0.25, 0.3) is 0 Å². The quantitative estimate of drug-likeness (QED) is 0.659. The van der Waals surface area contributed by atoms with Crippen LogP contribution in [-0.4, -0.2) is 56.1 Å². The normalized spacial score (nSPS) is 12.4. The fourth-order valence-electron chi connectivity index (χ4n) is 3.12. The van der Waals surface area contributed by atoms with Crippen molar-refractivity contribution in [2.75, 3.05) is 20.6 Å². The maximum Gasteiger partial charge on any atom is 0.243 e. The van der Waals surface area contributed by atoms with Crippen molar-refractivity contribution in [2.24, 2.45) is 0 Å². The lowest BCUT2D eigenvalue weighted by Gasteiger charge is -2.31. The SMILES string of the molecule is CCC(C(=O)NC)N(Cc1ccccc1)C(=O)CN(C)S(=O)(=O)c1ccc(C)cc1. The van der Waals surface area contributed by atoms with Gasteiger partial charge in [-0.1, -0.05) is 55.0 Å². The summed E-state index contributed by atoms with van der Waals surface area (Å²) in [7, 11) is -0.942. The van der Waals surface area contributed by atoms with Crippen molar-refractivity contribution in [3.8, 4) is 0 Å². The lowest BCUT2D eigenvalue weighted by atomic mass is 10.1. The zero-order valence-electron chi connectivity index (χ0n) is 17.8. The van der Waals surface area contributed by atoms with Gasteiger partial charge in [-0.3, -0.25) is 9.59 Å². The van der Waals surface area contributed by atoms with E-state index < -0.39 is 22.0 Å². The van der Waals surface area contributed by atoms with E-state index in [4.69, 9.17) is 0 Å². The van der Waals surface area contributed by atoms with Crippen LogP contribution in [0.5, 0.6) is 0 Å². The molecule has 0 heterocycles. The Balaban J connectivity index is 2.27. The van der Waals surface area contributed by atoms with Gasteiger partial charge >= 0.3 is 0 Å². The van der Waals surface area contributed by atoms with Crippen LogP contribution in [0.15, 0.2) is 59.5 Å². The fraction of sp³-hybridized carbons (Fsp3) is 0.364. The average molecular weight is 432 g/mol. The van der Waals surface area contributed by atoms with Crippen LogP contribution in [-0.2, 0) is 26.2 Å². The molecule has 30 heavy (non-hydrogen) atoms. The topological polar surface area (TPSA) is 86.8 Å². The zero-order valence-corrected chi connectivity index (χ0v) is 18.6. The Hall–Kier alpha value is -2.71. The van der Waals surface area contributed by atoms with E-state index in [2.05, 4.69) is 5.32 Å². The van der Waals surface area contributed by atoms with Crippen LogP contribution in [0.25, 0.3) is 0 Å². The maximum absolute atomic E-state index is 13.2. The summed E-state index contributed by atoms with van der Waals surface area (Å²) in [6.45, 7) is 3.53. The zero-order chi connectivity index (χ0) is 22.3. The fourth-order valence-corrected chi connectivity index (χ4v) is 4.24. The number of carbonyl (C=O) groups is 2. The molecule has 0 bridgehead atoms. The number of benzene rings is 2. The molecule has 2 aromatic carbocycles. The third-order valence-corrected chi connectivity index (χ3v) is 6.73. The van der Waals surface area contributed by atoms with Crippen LogP contribution in [0.4, 0.5) is 0 Å². The van der Waals surface area contributed by atoms with Crippen molar-refractivity contribution in [3.63, 3.8) is 0 Å². The van der Waals surface area contributed by atoms with Gasteiger partial charge in [0, 0.05) is 20.6 Å². The van der Waals surface area contributed by atoms with Crippen molar-refractivity contribution < 1.29 is 18.0 Å². The Kier molecular flexibility index (Phi) is 8.14. The van der Waals surface area contributed by atoms with Crippen molar-refractivity contribution in [3.05, 3.63) is 65.7 Å². The molecule has 0 aromatic heterocycles. The van der Waals surface area contributed by atoms with Gasteiger partial charge in [0.2, 0.25) is 21.8 Å². The highest BCUT2D eigenvalue weighted by Crippen LogP contribution is 2.17. The van der Waals surface area contributed by atoms with Gasteiger partial charge in [-0.15, -0.1) is 0 Å². The number of aryl methyl sites for hydroxylation is 1. The van der Waals surface area contributed by atoms with Gasteiger partial charge in [0.15, 0.2) is 0 Å². The molecule has 0 aliphatic rings. The molecule has 0 aliphatic carbocycles. The molecular formula is C22H29N3O4S. The van der Waals surface area contributed by atoms with Crippen molar-refractivity contribution >= 4 is 21.8 Å². The summed E-state index contributed by atoms with van der Waals surface area (Å²) in [6.07, 6.45) is 0.409. The van der Waals surface area contributed by atoms with Crippen molar-refractivity contribution in [1.82, 2.24) is 14.5 Å². The molecule has 8 heteroatoms. The molecule has 2 rings (SSSR count). The molecule has 7 nitrogen and oxygen atoms in total. The number of rotatable bonds is 9. The maximum atomic E-state index is 13.2. The van der Waals surface area contributed by atoms with E-state index in [9.17, 15) is 18.0 Å². The number of sulfonamides is 1. The van der Waals surface area contributed by atoms with Crippen LogP contribution >= 0.6 is 0 Å². The minimum Gasteiger partial charge on any atom is -0.357 e. The van der Waals surface area contributed by atoms with E-state index in [1.165, 1.54) is 31.1 Å². The molecule has 0 spiro atoms. The second kappa shape index (κ2) is 10.4. The third kappa shape index (κ3) is 5.67. The predicted molar refractivity (Wildman–Crippen MR) is 116 cm³/mol. The van der Waals surface area contributed by atoms with Crippen LogP contribution in [0.3, 0.4) is 0 Å². The molecule has 2 aromatic rings. The lowest BCUT2D eigenvalue weighted by Crippen LogP contribution is -2.51. The molecular weight excluding hydrogens is 402 g/mol. The Morgan fingerprint density at radius 1 is 1.03 bits per heavy atom. The first kappa shape index (κ1) is 23.6. The second-order valence-electron chi connectivity index (χ2n) is 7.12. The Bertz CT molecular complexity index is 960. The first-order chi connectivity index (χ1) is 14.2. The first-order valence-corrected chi connectivity index (χ1v) is 11.2. The van der Waals surface area contributed by atoms with Gasteiger partial charge in [-0.2, -0.15) is 4.31 Å². The highest BCUT2D eigenvalue weighted by atomic mass is 32.2. The number of hydrogen-bond acceptors (Lipinski definition) is 4. The number of nitrogens with one attached hydrogen (secondary N) is 1. The molecule has 162 valence electrons. The van der Waals surface area contributed by atoms with Crippen LogP contribution in [0, 0.1) is 6.92 Å². The summed E-state index contributed by atoms with van der Waals surface area (Å²) in [5.41, 5.74) is 1.80. The largest absolute Gasteiger partial charge is 0.357 e. The van der Waals surface area contributed by atoms with Crippen LogP contribution in [0.1, 0.15) is 24.5 Å². The van der Waals surface area contributed by atoms with Crippen molar-refractivity contribution in [1.29, 1.82) is 0 Å². The summed E-state index contributed by atoms with van der Waals surface area (Å²) in [4.78, 5) is 27.1. The van der Waals surface area contributed by atoms with E-state index in [0.717, 1.165) is 15.4 Å². The minimum atomic E-state index is -3.83. The van der Waals surface area contributed by atoms with E-state index in [1.807, 2.05) is 44.2 Å². The molecule has 1 N–H and O–H groups in total. The average Bonchev–Trinajstić information content (AvgIpc) is 2.74. The Morgan fingerprint density at radius 3 is 2.17 bits per heavy atom. The van der Waals surface area contributed by atoms with Gasteiger partial charge in [0.1, 0.15) is 6.04 Å². The number of likely N-dealkylation sites (N-methyl/N-ethyl adjacent to an activating group) is 2. The van der Waals surface area contributed by atoms with Gasteiger partial charge in [-0.25, -0.2) is 8.42 Å². The van der Waals surface area contributed by atoms with E-state index >= 15 is 0 Å². The van der Waals surface area contributed by atoms with Gasteiger partial charge in [0.05, 0.1) is 11.4 Å². The van der Waals surface area contributed by atoms with Crippen LogP contribution < -0.4 is 5.32 Å². The smallest absolute Gasteiger partial charge is 0.243 e. The molecule has 0 fully saturated rings. The molecule has 0 saturated heterocycles. The third-order valence-electron chi connectivity index (χ3n) is 4.92. The molecule has 1 atom stereocenters. The number of nitrogens with zero attached hydrogens (tertiary/aromatic N) is 2. The molecule has 0 aliphatic heterocycles. The van der Waals surface area contributed by atoms with E-state index in [-0.39, 0.29) is 23.9 Å².